The summed E-state index contributed by atoms with van der Waals surface area (Å²) in [6.45, 7) is 4.27. The van der Waals surface area contributed by atoms with Crippen LogP contribution in [0.4, 0.5) is 0 Å². The van der Waals surface area contributed by atoms with E-state index in [0.29, 0.717) is 6.42 Å². The van der Waals surface area contributed by atoms with Crippen LogP contribution in [0.5, 0.6) is 0 Å². The second kappa shape index (κ2) is 14.4. The molecule has 3 N–H and O–H groups in total. The molecule has 0 fully saturated rings. The number of benzene rings is 1. The Labute approximate surface area is 180 Å². The molecule has 0 bridgehead atoms. The summed E-state index contributed by atoms with van der Waals surface area (Å²) < 4.78 is 0. The van der Waals surface area contributed by atoms with E-state index in [-0.39, 0.29) is 18.3 Å². The predicted octanol–water partition coefficient (Wildman–Crippen LogP) is 4.68. The van der Waals surface area contributed by atoms with Gasteiger partial charge in [-0.1, -0.05) is 80.6 Å². The van der Waals surface area contributed by atoms with Gasteiger partial charge in [-0.25, -0.2) is 0 Å². The molecule has 4 nitrogen and oxygen atoms in total. The molecule has 0 spiro atoms. The third kappa shape index (κ3) is 12.8. The average molecular weight is 411 g/mol. The molecule has 0 amide bonds. The molecule has 0 heterocycles. The Balaban J connectivity index is 2.31. The molecule has 30 heavy (non-hydrogen) atoms. The van der Waals surface area contributed by atoms with Crippen LogP contribution in [0.1, 0.15) is 51.5 Å². The predicted molar refractivity (Wildman–Crippen MR) is 122 cm³/mol. The van der Waals surface area contributed by atoms with E-state index in [2.05, 4.69) is 43.9 Å². The molecule has 1 aromatic rings. The Bertz CT molecular complexity index is 763. The smallest absolute Gasteiger partial charge is 0.303 e. The first kappa shape index (κ1) is 25.4. The Morgan fingerprint density at radius 3 is 2.47 bits per heavy atom. The zero-order chi connectivity index (χ0) is 22.2. The van der Waals surface area contributed by atoms with Gasteiger partial charge in [-0.2, -0.15) is 0 Å². The van der Waals surface area contributed by atoms with Crippen LogP contribution in [0.25, 0.3) is 0 Å². The minimum absolute atomic E-state index is 0.00855. The molecule has 0 saturated heterocycles. The standard InChI is InChI=1S/C26H34O4/c1-26(2,21-12-6-9-16-22-14-7-5-8-15-22)20-11-4-3-10-17-23(27)24(28)18-13-19-25(29)30/h3-5,7-8,10-11,14-15,17,20,23-24,27-28H,9,13,16,18-19,21H2,1-2H3,(H,29,30)/b4-3+,17-10+,20-11+. The quantitative estimate of drug-likeness (QED) is 0.345. The third-order valence-corrected chi connectivity index (χ3v) is 4.52. The van der Waals surface area contributed by atoms with Gasteiger partial charge in [0.1, 0.15) is 0 Å². The largest absolute Gasteiger partial charge is 0.481 e. The second-order valence-corrected chi connectivity index (χ2v) is 7.98. The molecule has 0 aliphatic heterocycles. The SMILES string of the molecule is CC(C)(/C=C/C=C/C=C/C(O)C(O)CCCC(=O)O)CC#CCCc1ccccc1. The van der Waals surface area contributed by atoms with Gasteiger partial charge in [-0.05, 0) is 30.2 Å². The molecule has 162 valence electrons. The molecule has 0 radical (unpaired) electrons. The van der Waals surface area contributed by atoms with E-state index in [4.69, 9.17) is 5.11 Å². The van der Waals surface area contributed by atoms with E-state index >= 15 is 0 Å². The van der Waals surface area contributed by atoms with Crippen molar-refractivity contribution in [1.29, 1.82) is 0 Å². The Morgan fingerprint density at radius 1 is 1.07 bits per heavy atom. The number of carboxylic acids is 1. The highest BCUT2D eigenvalue weighted by atomic mass is 16.4. The van der Waals surface area contributed by atoms with Crippen LogP contribution in [0.15, 0.2) is 66.8 Å². The summed E-state index contributed by atoms with van der Waals surface area (Å²) in [5.74, 6) is 5.61. The number of aliphatic hydroxyl groups excluding tert-OH is 2. The van der Waals surface area contributed by atoms with Gasteiger partial charge in [0.25, 0.3) is 0 Å². The first-order valence-electron chi connectivity index (χ1n) is 10.4. The maximum Gasteiger partial charge on any atom is 0.303 e. The fourth-order valence-corrected chi connectivity index (χ4v) is 2.67. The van der Waals surface area contributed by atoms with Gasteiger partial charge < -0.3 is 15.3 Å². The molecular weight excluding hydrogens is 376 g/mol. The first-order valence-corrected chi connectivity index (χ1v) is 10.4. The lowest BCUT2D eigenvalue weighted by molar-refractivity contribution is -0.137. The number of aryl methyl sites for hydroxylation is 1. The summed E-state index contributed by atoms with van der Waals surface area (Å²) in [5, 5.41) is 28.2. The number of hydrogen-bond donors (Lipinski definition) is 3. The van der Waals surface area contributed by atoms with Gasteiger partial charge in [-0.3, -0.25) is 4.79 Å². The summed E-state index contributed by atoms with van der Waals surface area (Å²) in [4.78, 5) is 10.5. The van der Waals surface area contributed by atoms with Crippen molar-refractivity contribution in [3.63, 3.8) is 0 Å². The lowest BCUT2D eigenvalue weighted by Crippen LogP contribution is -2.23. The summed E-state index contributed by atoms with van der Waals surface area (Å²) in [5.41, 5.74) is 1.27. The monoisotopic (exact) mass is 410 g/mol. The summed E-state index contributed by atoms with van der Waals surface area (Å²) in [7, 11) is 0. The lowest BCUT2D eigenvalue weighted by Gasteiger charge is -2.15. The van der Waals surface area contributed by atoms with Crippen molar-refractivity contribution >= 4 is 5.97 Å². The van der Waals surface area contributed by atoms with E-state index in [1.165, 1.54) is 11.6 Å². The normalized spacial score (nSPS) is 14.1. The molecule has 2 unspecified atom stereocenters. The van der Waals surface area contributed by atoms with Gasteiger partial charge in [-0.15, -0.1) is 11.8 Å². The van der Waals surface area contributed by atoms with Crippen molar-refractivity contribution in [2.24, 2.45) is 5.41 Å². The summed E-state index contributed by atoms with van der Waals surface area (Å²) in [6, 6.07) is 10.4. The molecule has 4 heteroatoms. The topological polar surface area (TPSA) is 77.8 Å². The van der Waals surface area contributed by atoms with Crippen LogP contribution in [-0.4, -0.2) is 33.5 Å². The molecule has 1 rings (SSSR count). The summed E-state index contributed by atoms with van der Waals surface area (Å²) in [6.07, 6.45) is 12.1. The van der Waals surface area contributed by atoms with E-state index in [1.807, 2.05) is 30.4 Å². The minimum Gasteiger partial charge on any atom is -0.481 e. The van der Waals surface area contributed by atoms with Gasteiger partial charge in [0, 0.05) is 19.3 Å². The number of rotatable bonds is 12. The fourth-order valence-electron chi connectivity index (χ4n) is 2.67. The number of aliphatic carboxylic acids is 1. The zero-order valence-electron chi connectivity index (χ0n) is 18.0. The van der Waals surface area contributed by atoms with E-state index in [0.717, 1.165) is 19.3 Å². The zero-order valence-corrected chi connectivity index (χ0v) is 18.0. The Kier molecular flexibility index (Phi) is 12.2. The average Bonchev–Trinajstić information content (AvgIpc) is 2.70. The minimum atomic E-state index is -1.00. The third-order valence-electron chi connectivity index (χ3n) is 4.52. The number of aliphatic hydroxyl groups is 2. The van der Waals surface area contributed by atoms with Crippen molar-refractivity contribution < 1.29 is 20.1 Å². The summed E-state index contributed by atoms with van der Waals surface area (Å²) >= 11 is 0. The van der Waals surface area contributed by atoms with E-state index < -0.39 is 18.2 Å². The molecule has 0 aromatic heterocycles. The lowest BCUT2D eigenvalue weighted by atomic mass is 9.89. The van der Waals surface area contributed by atoms with E-state index in [1.54, 1.807) is 12.2 Å². The van der Waals surface area contributed by atoms with Crippen molar-refractivity contribution in [3.8, 4) is 11.8 Å². The van der Waals surface area contributed by atoms with Crippen LogP contribution >= 0.6 is 0 Å². The van der Waals surface area contributed by atoms with Crippen molar-refractivity contribution in [2.75, 3.05) is 0 Å². The molecule has 0 aliphatic carbocycles. The highest BCUT2D eigenvalue weighted by molar-refractivity contribution is 5.66. The fraction of sp³-hybridized carbons (Fsp3) is 0.423. The Morgan fingerprint density at radius 2 is 1.77 bits per heavy atom. The van der Waals surface area contributed by atoms with Crippen molar-refractivity contribution in [1.82, 2.24) is 0 Å². The molecule has 0 aliphatic rings. The number of carbonyl (C=O) groups is 1. The Hall–Kier alpha value is -2.61. The molecular formula is C26H34O4. The van der Waals surface area contributed by atoms with Crippen molar-refractivity contribution in [2.45, 2.75) is 64.6 Å². The second-order valence-electron chi connectivity index (χ2n) is 7.98. The van der Waals surface area contributed by atoms with Gasteiger partial charge in [0.2, 0.25) is 0 Å². The number of carboxylic acid groups (broad SMARTS) is 1. The maximum absolute atomic E-state index is 10.5. The van der Waals surface area contributed by atoms with Crippen molar-refractivity contribution in [3.05, 3.63) is 72.4 Å². The van der Waals surface area contributed by atoms with Crippen LogP contribution in [0.3, 0.4) is 0 Å². The highest BCUT2D eigenvalue weighted by Crippen LogP contribution is 2.21. The highest BCUT2D eigenvalue weighted by Gasteiger charge is 2.13. The van der Waals surface area contributed by atoms with Crippen LogP contribution in [0, 0.1) is 17.3 Å². The van der Waals surface area contributed by atoms with Crippen LogP contribution < -0.4 is 0 Å². The molecule has 1 aromatic carbocycles. The van der Waals surface area contributed by atoms with Gasteiger partial charge in [0.05, 0.1) is 12.2 Å². The molecule has 0 saturated carbocycles. The van der Waals surface area contributed by atoms with E-state index in [9.17, 15) is 15.0 Å². The number of allylic oxidation sites excluding steroid dienone is 5. The van der Waals surface area contributed by atoms with Crippen LogP contribution in [-0.2, 0) is 11.2 Å². The van der Waals surface area contributed by atoms with Gasteiger partial charge in [0.15, 0.2) is 0 Å². The first-order chi connectivity index (χ1) is 14.3. The maximum atomic E-state index is 10.5. The van der Waals surface area contributed by atoms with Crippen LogP contribution in [0.2, 0.25) is 0 Å². The molecule has 2 atom stereocenters. The number of hydrogen-bond acceptors (Lipinski definition) is 3. The van der Waals surface area contributed by atoms with Gasteiger partial charge >= 0.3 is 5.97 Å².